The SMILES string of the molecule is CCC1(C)NC(c2cccs2)N(CCS(C)(=O)=O)C1=O. The van der Waals surface area contributed by atoms with Crippen molar-refractivity contribution in [3.05, 3.63) is 22.4 Å². The Kier molecular flexibility index (Phi) is 4.22. The monoisotopic (exact) mass is 316 g/mol. The van der Waals surface area contributed by atoms with Crippen LogP contribution in [0, 0.1) is 0 Å². The normalized spacial score (nSPS) is 27.2. The summed E-state index contributed by atoms with van der Waals surface area (Å²) < 4.78 is 22.7. The Morgan fingerprint density at radius 2 is 2.20 bits per heavy atom. The number of hydrogen-bond acceptors (Lipinski definition) is 5. The van der Waals surface area contributed by atoms with Gasteiger partial charge in [0, 0.05) is 17.7 Å². The van der Waals surface area contributed by atoms with E-state index in [-0.39, 0.29) is 24.4 Å². The van der Waals surface area contributed by atoms with Crippen molar-refractivity contribution in [1.82, 2.24) is 10.2 Å². The molecule has 1 saturated heterocycles. The molecule has 112 valence electrons. The lowest BCUT2D eigenvalue weighted by molar-refractivity contribution is -0.132. The predicted molar refractivity (Wildman–Crippen MR) is 80.3 cm³/mol. The second-order valence-corrected chi connectivity index (χ2v) is 8.62. The Balaban J connectivity index is 2.26. The highest BCUT2D eigenvalue weighted by molar-refractivity contribution is 7.90. The van der Waals surface area contributed by atoms with Gasteiger partial charge >= 0.3 is 0 Å². The first-order valence-electron chi connectivity index (χ1n) is 6.57. The van der Waals surface area contributed by atoms with E-state index < -0.39 is 15.4 Å². The number of hydrogen-bond donors (Lipinski definition) is 1. The standard InChI is InChI=1S/C13H20N2O3S2/c1-4-13(2)12(16)15(7-9-20(3,17)18)11(14-13)10-6-5-8-19-10/h5-6,8,11,14H,4,7,9H2,1-3H3. The van der Waals surface area contributed by atoms with Gasteiger partial charge in [0.05, 0.1) is 11.3 Å². The second kappa shape index (κ2) is 5.46. The van der Waals surface area contributed by atoms with Crippen molar-refractivity contribution < 1.29 is 13.2 Å². The molecule has 1 aliphatic rings. The van der Waals surface area contributed by atoms with Crippen molar-refractivity contribution in [3.8, 4) is 0 Å². The van der Waals surface area contributed by atoms with Gasteiger partial charge in [0.25, 0.3) is 0 Å². The maximum Gasteiger partial charge on any atom is 0.244 e. The molecule has 1 N–H and O–H groups in total. The van der Waals surface area contributed by atoms with Crippen LogP contribution in [0.25, 0.3) is 0 Å². The van der Waals surface area contributed by atoms with Gasteiger partial charge in [0.1, 0.15) is 16.0 Å². The van der Waals surface area contributed by atoms with E-state index in [4.69, 9.17) is 0 Å². The van der Waals surface area contributed by atoms with Gasteiger partial charge in [0.15, 0.2) is 0 Å². The summed E-state index contributed by atoms with van der Waals surface area (Å²) in [5, 5.41) is 5.30. The van der Waals surface area contributed by atoms with Gasteiger partial charge in [-0.3, -0.25) is 10.1 Å². The molecule has 0 aliphatic carbocycles. The minimum absolute atomic E-state index is 0.0118. The molecule has 2 atom stereocenters. The molecule has 0 spiro atoms. The number of sulfone groups is 1. The quantitative estimate of drug-likeness (QED) is 0.891. The van der Waals surface area contributed by atoms with Crippen LogP contribution >= 0.6 is 11.3 Å². The van der Waals surface area contributed by atoms with Gasteiger partial charge in [-0.15, -0.1) is 11.3 Å². The van der Waals surface area contributed by atoms with E-state index in [2.05, 4.69) is 5.32 Å². The molecule has 1 amide bonds. The molecule has 2 rings (SSSR count). The Bertz CT molecular complexity index is 583. The second-order valence-electron chi connectivity index (χ2n) is 5.38. The summed E-state index contributed by atoms with van der Waals surface area (Å²) in [4.78, 5) is 15.2. The zero-order valence-electron chi connectivity index (χ0n) is 11.9. The summed E-state index contributed by atoms with van der Waals surface area (Å²) in [5.74, 6) is -0.0377. The third-order valence-electron chi connectivity index (χ3n) is 3.72. The molecular formula is C13H20N2O3S2. The van der Waals surface area contributed by atoms with E-state index in [0.717, 1.165) is 4.88 Å². The predicted octanol–water partition coefficient (Wildman–Crippen LogP) is 1.39. The first kappa shape index (κ1) is 15.5. The molecule has 1 fully saturated rings. The van der Waals surface area contributed by atoms with Crippen LogP contribution in [0.4, 0.5) is 0 Å². The zero-order valence-corrected chi connectivity index (χ0v) is 13.6. The van der Waals surface area contributed by atoms with Crippen molar-refractivity contribution in [2.24, 2.45) is 0 Å². The largest absolute Gasteiger partial charge is 0.319 e. The van der Waals surface area contributed by atoms with Crippen LogP contribution in [0.3, 0.4) is 0 Å². The molecule has 0 saturated carbocycles. The molecule has 5 nitrogen and oxygen atoms in total. The molecule has 1 aliphatic heterocycles. The molecule has 0 radical (unpaired) electrons. The molecular weight excluding hydrogens is 296 g/mol. The summed E-state index contributed by atoms with van der Waals surface area (Å²) in [7, 11) is -3.09. The average Bonchev–Trinajstić information content (AvgIpc) is 2.96. The number of nitrogens with zero attached hydrogens (tertiary/aromatic N) is 1. The smallest absolute Gasteiger partial charge is 0.244 e. The van der Waals surface area contributed by atoms with E-state index in [1.54, 1.807) is 16.2 Å². The number of nitrogens with one attached hydrogen (secondary N) is 1. The van der Waals surface area contributed by atoms with Gasteiger partial charge < -0.3 is 4.90 Å². The lowest BCUT2D eigenvalue weighted by Gasteiger charge is -2.22. The van der Waals surface area contributed by atoms with Crippen molar-refractivity contribution >= 4 is 27.1 Å². The van der Waals surface area contributed by atoms with Gasteiger partial charge in [-0.25, -0.2) is 8.42 Å². The first-order valence-corrected chi connectivity index (χ1v) is 9.51. The van der Waals surface area contributed by atoms with Crippen molar-refractivity contribution in [1.29, 1.82) is 0 Å². The number of carbonyl (C=O) groups is 1. The van der Waals surface area contributed by atoms with Crippen molar-refractivity contribution in [3.63, 3.8) is 0 Å². The highest BCUT2D eigenvalue weighted by Crippen LogP contribution is 2.34. The summed E-state index contributed by atoms with van der Waals surface area (Å²) in [6.45, 7) is 4.05. The summed E-state index contributed by atoms with van der Waals surface area (Å²) in [6.07, 6.45) is 1.64. The van der Waals surface area contributed by atoms with E-state index in [9.17, 15) is 13.2 Å². The van der Waals surface area contributed by atoms with Gasteiger partial charge in [-0.2, -0.15) is 0 Å². The number of thiophene rings is 1. The highest BCUT2D eigenvalue weighted by Gasteiger charge is 2.47. The molecule has 20 heavy (non-hydrogen) atoms. The fraction of sp³-hybridized carbons (Fsp3) is 0.615. The van der Waals surface area contributed by atoms with E-state index in [0.29, 0.717) is 6.42 Å². The lowest BCUT2D eigenvalue weighted by Crippen LogP contribution is -2.43. The van der Waals surface area contributed by atoms with Crippen LogP contribution in [0.15, 0.2) is 17.5 Å². The minimum Gasteiger partial charge on any atom is -0.319 e. The molecule has 1 aromatic rings. The molecule has 2 unspecified atom stereocenters. The minimum atomic E-state index is -3.09. The van der Waals surface area contributed by atoms with Gasteiger partial charge in [0.2, 0.25) is 5.91 Å². The van der Waals surface area contributed by atoms with Gasteiger partial charge in [-0.1, -0.05) is 13.0 Å². The highest BCUT2D eigenvalue weighted by atomic mass is 32.2. The Hall–Kier alpha value is -0.920. The Morgan fingerprint density at radius 1 is 1.50 bits per heavy atom. The molecule has 0 bridgehead atoms. The molecule has 1 aromatic heterocycles. The fourth-order valence-electron chi connectivity index (χ4n) is 2.30. The van der Waals surface area contributed by atoms with Gasteiger partial charge in [-0.05, 0) is 24.8 Å². The maximum absolute atomic E-state index is 12.6. The Morgan fingerprint density at radius 3 is 2.70 bits per heavy atom. The lowest BCUT2D eigenvalue weighted by atomic mass is 9.99. The van der Waals surface area contributed by atoms with Crippen LogP contribution in [-0.4, -0.2) is 43.3 Å². The zero-order chi connectivity index (χ0) is 15.0. The molecule has 2 heterocycles. The average molecular weight is 316 g/mol. The van der Waals surface area contributed by atoms with Crippen LogP contribution in [0.1, 0.15) is 31.3 Å². The van der Waals surface area contributed by atoms with E-state index >= 15 is 0 Å². The van der Waals surface area contributed by atoms with Crippen LogP contribution in [0.5, 0.6) is 0 Å². The van der Waals surface area contributed by atoms with Crippen LogP contribution in [0.2, 0.25) is 0 Å². The summed E-state index contributed by atoms with van der Waals surface area (Å²) in [5.41, 5.74) is -0.619. The number of carbonyl (C=O) groups excluding carboxylic acids is 1. The van der Waals surface area contributed by atoms with Crippen LogP contribution < -0.4 is 5.32 Å². The summed E-state index contributed by atoms with van der Waals surface area (Å²) in [6, 6.07) is 3.90. The number of rotatable bonds is 5. The fourth-order valence-corrected chi connectivity index (χ4v) is 3.61. The number of amides is 1. The summed E-state index contributed by atoms with van der Waals surface area (Å²) >= 11 is 1.56. The molecule has 7 heteroatoms. The Labute approximate surface area is 123 Å². The van der Waals surface area contributed by atoms with Crippen LogP contribution in [-0.2, 0) is 14.6 Å². The first-order chi connectivity index (χ1) is 9.27. The molecule has 0 aromatic carbocycles. The van der Waals surface area contributed by atoms with Crippen molar-refractivity contribution in [2.75, 3.05) is 18.6 Å². The third kappa shape index (κ3) is 3.05. The van der Waals surface area contributed by atoms with Crippen molar-refractivity contribution in [2.45, 2.75) is 32.0 Å². The van der Waals surface area contributed by atoms with E-state index in [1.807, 2.05) is 31.4 Å². The topological polar surface area (TPSA) is 66.5 Å². The third-order valence-corrected chi connectivity index (χ3v) is 5.57. The maximum atomic E-state index is 12.6. The van der Waals surface area contributed by atoms with E-state index in [1.165, 1.54) is 6.26 Å².